The Kier molecular flexibility index (Phi) is 5.05. The molecule has 4 nitrogen and oxygen atoms in total. The second-order valence-electron chi connectivity index (χ2n) is 4.87. The van der Waals surface area contributed by atoms with Gasteiger partial charge in [0, 0.05) is 25.0 Å². The first kappa shape index (κ1) is 14.2. The first-order valence-electron chi connectivity index (χ1n) is 6.97. The summed E-state index contributed by atoms with van der Waals surface area (Å²) in [5, 5.41) is 12.8. The van der Waals surface area contributed by atoms with Crippen molar-refractivity contribution in [2.24, 2.45) is 5.92 Å². The third-order valence-electron chi connectivity index (χ3n) is 3.67. The van der Waals surface area contributed by atoms with Gasteiger partial charge in [-0.05, 0) is 31.2 Å². The molecule has 0 bridgehead atoms. The molecule has 2 atom stereocenters. The molecule has 2 N–H and O–H groups in total. The summed E-state index contributed by atoms with van der Waals surface area (Å²) >= 11 is 0. The maximum absolute atomic E-state index is 9.48. The third kappa shape index (κ3) is 3.19. The van der Waals surface area contributed by atoms with E-state index in [0.29, 0.717) is 13.2 Å². The van der Waals surface area contributed by atoms with E-state index in [9.17, 15) is 5.11 Å². The highest BCUT2D eigenvalue weighted by Crippen LogP contribution is 2.34. The van der Waals surface area contributed by atoms with Gasteiger partial charge in [-0.25, -0.2) is 0 Å². The van der Waals surface area contributed by atoms with Crippen LogP contribution in [-0.4, -0.2) is 32.0 Å². The van der Waals surface area contributed by atoms with Crippen LogP contribution in [0, 0.1) is 5.92 Å². The van der Waals surface area contributed by atoms with Crippen molar-refractivity contribution < 1.29 is 14.6 Å². The van der Waals surface area contributed by atoms with Crippen LogP contribution in [0.15, 0.2) is 18.2 Å². The maximum Gasteiger partial charge on any atom is 0.161 e. The van der Waals surface area contributed by atoms with Gasteiger partial charge in [-0.1, -0.05) is 13.0 Å². The van der Waals surface area contributed by atoms with Gasteiger partial charge in [-0.15, -0.1) is 0 Å². The van der Waals surface area contributed by atoms with Crippen LogP contribution in [-0.2, 0) is 0 Å². The molecule has 4 heteroatoms. The van der Waals surface area contributed by atoms with E-state index in [1.54, 1.807) is 0 Å². The summed E-state index contributed by atoms with van der Waals surface area (Å²) in [6, 6.07) is 6.17. The largest absolute Gasteiger partial charge is 0.490 e. The van der Waals surface area contributed by atoms with Crippen LogP contribution in [0.3, 0.4) is 0 Å². The van der Waals surface area contributed by atoms with Gasteiger partial charge in [-0.2, -0.15) is 0 Å². The predicted octanol–water partition coefficient (Wildman–Crippen LogP) is 2.13. The Labute approximate surface area is 114 Å². The van der Waals surface area contributed by atoms with Crippen molar-refractivity contribution in [2.45, 2.75) is 25.8 Å². The number of nitrogens with one attached hydrogen (secondary N) is 1. The molecule has 2 rings (SSSR count). The van der Waals surface area contributed by atoms with Crippen LogP contribution in [0.1, 0.15) is 31.4 Å². The normalized spacial score (nSPS) is 17.6. The number of aliphatic hydroxyl groups excluding tert-OH is 1. The van der Waals surface area contributed by atoms with Crippen molar-refractivity contribution in [3.8, 4) is 11.5 Å². The molecule has 0 fully saturated rings. The number of hydrogen-bond donors (Lipinski definition) is 2. The Balaban J connectivity index is 2.26. The number of rotatable bonds is 5. The maximum atomic E-state index is 9.48. The predicted molar refractivity (Wildman–Crippen MR) is 74.7 cm³/mol. The van der Waals surface area contributed by atoms with Gasteiger partial charge >= 0.3 is 0 Å². The van der Waals surface area contributed by atoms with Crippen molar-refractivity contribution in [1.29, 1.82) is 0 Å². The highest BCUT2D eigenvalue weighted by Gasteiger charge is 2.21. The lowest BCUT2D eigenvalue weighted by atomic mass is 9.91. The molecule has 0 aliphatic carbocycles. The van der Waals surface area contributed by atoms with Gasteiger partial charge in [-0.3, -0.25) is 0 Å². The quantitative estimate of drug-likeness (QED) is 0.856. The zero-order valence-electron chi connectivity index (χ0n) is 11.7. The summed E-state index contributed by atoms with van der Waals surface area (Å²) in [5.41, 5.74) is 1.13. The first-order chi connectivity index (χ1) is 9.30. The van der Waals surface area contributed by atoms with E-state index < -0.39 is 0 Å². The lowest BCUT2D eigenvalue weighted by Gasteiger charge is -2.25. The van der Waals surface area contributed by atoms with Crippen molar-refractivity contribution >= 4 is 0 Å². The highest BCUT2D eigenvalue weighted by atomic mass is 16.5. The molecule has 0 saturated heterocycles. The van der Waals surface area contributed by atoms with Gasteiger partial charge in [0.15, 0.2) is 11.5 Å². The van der Waals surface area contributed by atoms with E-state index in [2.05, 4.69) is 12.2 Å². The summed E-state index contributed by atoms with van der Waals surface area (Å²) in [7, 11) is 1.92. The molecule has 1 heterocycles. The molecule has 19 heavy (non-hydrogen) atoms. The van der Waals surface area contributed by atoms with E-state index in [-0.39, 0.29) is 18.6 Å². The van der Waals surface area contributed by atoms with Gasteiger partial charge in [0.1, 0.15) is 0 Å². The summed E-state index contributed by atoms with van der Waals surface area (Å²) in [6.07, 6.45) is 1.84. The Morgan fingerprint density at radius 2 is 2.00 bits per heavy atom. The van der Waals surface area contributed by atoms with Gasteiger partial charge in [0.25, 0.3) is 0 Å². The Bertz CT molecular complexity index is 404. The number of ether oxygens (including phenoxy) is 2. The fourth-order valence-electron chi connectivity index (χ4n) is 2.52. The molecular formula is C15H23NO3. The Morgan fingerprint density at radius 3 is 2.63 bits per heavy atom. The van der Waals surface area contributed by atoms with E-state index >= 15 is 0 Å². The zero-order valence-corrected chi connectivity index (χ0v) is 11.7. The average molecular weight is 265 g/mol. The van der Waals surface area contributed by atoms with Crippen LogP contribution in [0.2, 0.25) is 0 Å². The van der Waals surface area contributed by atoms with Crippen LogP contribution in [0.4, 0.5) is 0 Å². The van der Waals surface area contributed by atoms with E-state index in [1.807, 2.05) is 25.2 Å². The number of aliphatic hydroxyl groups is 1. The number of fused-ring (bicyclic) bond motifs is 1. The molecule has 1 aliphatic heterocycles. The molecule has 0 saturated carbocycles. The topological polar surface area (TPSA) is 50.7 Å². The van der Waals surface area contributed by atoms with Crippen molar-refractivity contribution in [3.05, 3.63) is 23.8 Å². The summed E-state index contributed by atoms with van der Waals surface area (Å²) in [4.78, 5) is 0. The minimum atomic E-state index is 0.132. The molecule has 1 aromatic carbocycles. The van der Waals surface area contributed by atoms with E-state index in [0.717, 1.165) is 29.9 Å². The fraction of sp³-hybridized carbons (Fsp3) is 0.600. The molecule has 106 valence electrons. The summed E-state index contributed by atoms with van der Waals surface area (Å²) in [6.45, 7) is 3.67. The van der Waals surface area contributed by atoms with E-state index in [1.165, 1.54) is 0 Å². The SMILES string of the molecule is CCC(CO)C(NC)c1ccc2c(c1)OCCCO2. The Hall–Kier alpha value is -1.26. The van der Waals surface area contributed by atoms with Crippen molar-refractivity contribution in [3.63, 3.8) is 0 Å². The summed E-state index contributed by atoms with van der Waals surface area (Å²) < 4.78 is 11.4. The Morgan fingerprint density at radius 1 is 1.26 bits per heavy atom. The average Bonchev–Trinajstić information content (AvgIpc) is 2.69. The minimum absolute atomic E-state index is 0.132. The van der Waals surface area contributed by atoms with Crippen molar-refractivity contribution in [2.75, 3.05) is 26.9 Å². The number of benzene rings is 1. The van der Waals surface area contributed by atoms with Gasteiger partial charge in [0.2, 0.25) is 0 Å². The van der Waals surface area contributed by atoms with Gasteiger partial charge < -0.3 is 19.9 Å². The van der Waals surface area contributed by atoms with Crippen molar-refractivity contribution in [1.82, 2.24) is 5.32 Å². The highest BCUT2D eigenvalue weighted by molar-refractivity contribution is 5.44. The van der Waals surface area contributed by atoms with E-state index in [4.69, 9.17) is 9.47 Å². The van der Waals surface area contributed by atoms with Crippen LogP contribution in [0.5, 0.6) is 11.5 Å². The lowest BCUT2D eigenvalue weighted by molar-refractivity contribution is 0.189. The van der Waals surface area contributed by atoms with Gasteiger partial charge in [0.05, 0.1) is 13.2 Å². The number of hydrogen-bond acceptors (Lipinski definition) is 4. The standard InChI is InChI=1S/C15H23NO3/c1-3-11(10-17)15(16-2)12-5-6-13-14(9-12)19-8-4-7-18-13/h5-6,9,11,15-17H,3-4,7-8,10H2,1-2H3. The first-order valence-corrected chi connectivity index (χ1v) is 6.97. The van der Waals surface area contributed by atoms with Crippen LogP contribution < -0.4 is 14.8 Å². The molecule has 0 amide bonds. The monoisotopic (exact) mass is 265 g/mol. The summed E-state index contributed by atoms with van der Waals surface area (Å²) in [5.74, 6) is 1.82. The molecule has 2 unspecified atom stereocenters. The van der Waals surface area contributed by atoms with Crippen LogP contribution >= 0.6 is 0 Å². The second kappa shape index (κ2) is 6.78. The third-order valence-corrected chi connectivity index (χ3v) is 3.67. The molecule has 1 aromatic rings. The van der Waals surface area contributed by atoms with Crippen LogP contribution in [0.25, 0.3) is 0 Å². The molecule has 0 spiro atoms. The molecular weight excluding hydrogens is 242 g/mol. The molecule has 0 aromatic heterocycles. The lowest BCUT2D eigenvalue weighted by Crippen LogP contribution is -2.27. The smallest absolute Gasteiger partial charge is 0.161 e. The fourth-order valence-corrected chi connectivity index (χ4v) is 2.52. The second-order valence-corrected chi connectivity index (χ2v) is 4.87. The minimum Gasteiger partial charge on any atom is -0.490 e. The molecule has 0 radical (unpaired) electrons. The zero-order chi connectivity index (χ0) is 13.7. The molecule has 1 aliphatic rings.